The van der Waals surface area contributed by atoms with E-state index in [1.54, 1.807) is 48.7 Å². The minimum absolute atomic E-state index is 0.0658. The number of hydrogen-bond acceptors (Lipinski definition) is 5. The molecule has 1 fully saturated rings. The first-order valence-corrected chi connectivity index (χ1v) is 10.8. The van der Waals surface area contributed by atoms with Crippen LogP contribution in [0.15, 0.2) is 71.3 Å². The summed E-state index contributed by atoms with van der Waals surface area (Å²) in [5.41, 5.74) is 7.60. The Morgan fingerprint density at radius 2 is 1.73 bits per heavy atom. The third-order valence-electron chi connectivity index (χ3n) is 5.33. The maximum Gasteiger partial charge on any atom is 0.251 e. The van der Waals surface area contributed by atoms with Gasteiger partial charge in [0.15, 0.2) is 0 Å². The van der Waals surface area contributed by atoms with Crippen molar-refractivity contribution in [1.29, 1.82) is 0 Å². The molecule has 1 aliphatic rings. The molecule has 0 atom stereocenters. The van der Waals surface area contributed by atoms with Crippen LogP contribution in [0, 0.1) is 0 Å². The number of nitrogens with two attached hydrogens (primary N) is 1. The van der Waals surface area contributed by atoms with E-state index in [1.165, 1.54) is 0 Å². The van der Waals surface area contributed by atoms with Crippen LogP contribution in [0.2, 0.25) is 0 Å². The van der Waals surface area contributed by atoms with Crippen molar-refractivity contribution in [2.24, 2.45) is 5.73 Å². The molecule has 3 amide bonds. The highest BCUT2D eigenvalue weighted by Gasteiger charge is 2.23. The topological polar surface area (TPSA) is 118 Å². The molecule has 2 aromatic carbocycles. The lowest BCUT2D eigenvalue weighted by Gasteiger charge is -2.21. The molecule has 4 N–H and O–H groups in total. The fraction of sp³-hybridized carbons (Fsp3) is 0.240. The van der Waals surface area contributed by atoms with Crippen LogP contribution in [-0.2, 0) is 17.9 Å². The molecule has 0 unspecified atom stereocenters. The standard InChI is InChI=1S/C25H26N4O4/c26-24(31)21-5-1-2-6-22(21)28-23(30)16-29(15-20-4-3-13-33-20)14-17-7-9-18(10-8-17)25(32)27-19-11-12-19/h1-10,13,19H,11-12,14-16H2,(H2,26,31)(H,27,32)(H,28,30). The Labute approximate surface area is 191 Å². The van der Waals surface area contributed by atoms with Crippen LogP contribution in [0.4, 0.5) is 5.69 Å². The number of primary amides is 1. The predicted octanol–water partition coefficient (Wildman–Crippen LogP) is 2.91. The van der Waals surface area contributed by atoms with Crippen molar-refractivity contribution in [3.05, 3.63) is 89.4 Å². The smallest absolute Gasteiger partial charge is 0.251 e. The molecule has 0 saturated heterocycles. The first-order valence-electron chi connectivity index (χ1n) is 10.8. The van der Waals surface area contributed by atoms with E-state index >= 15 is 0 Å². The molecule has 1 aromatic heterocycles. The van der Waals surface area contributed by atoms with Gasteiger partial charge in [0.05, 0.1) is 30.6 Å². The lowest BCUT2D eigenvalue weighted by atomic mass is 10.1. The molecule has 0 bridgehead atoms. The molecule has 4 rings (SSSR count). The lowest BCUT2D eigenvalue weighted by molar-refractivity contribution is -0.117. The van der Waals surface area contributed by atoms with Gasteiger partial charge in [0.2, 0.25) is 5.91 Å². The van der Waals surface area contributed by atoms with E-state index in [1.807, 2.05) is 23.1 Å². The van der Waals surface area contributed by atoms with Crippen LogP contribution >= 0.6 is 0 Å². The molecule has 0 spiro atoms. The average Bonchev–Trinajstić information content (AvgIpc) is 3.46. The Morgan fingerprint density at radius 1 is 0.970 bits per heavy atom. The van der Waals surface area contributed by atoms with E-state index < -0.39 is 5.91 Å². The Hall–Kier alpha value is -3.91. The van der Waals surface area contributed by atoms with Crippen molar-refractivity contribution >= 4 is 23.4 Å². The Balaban J connectivity index is 1.43. The van der Waals surface area contributed by atoms with E-state index in [9.17, 15) is 14.4 Å². The Bertz CT molecular complexity index is 1120. The minimum atomic E-state index is -0.607. The van der Waals surface area contributed by atoms with Crippen LogP contribution in [0.5, 0.6) is 0 Å². The third-order valence-corrected chi connectivity index (χ3v) is 5.33. The fourth-order valence-electron chi connectivity index (χ4n) is 3.51. The van der Waals surface area contributed by atoms with Crippen molar-refractivity contribution in [2.45, 2.75) is 32.0 Å². The third kappa shape index (κ3) is 6.30. The monoisotopic (exact) mass is 446 g/mol. The molecule has 0 radical (unpaired) electrons. The maximum atomic E-state index is 12.8. The Kier molecular flexibility index (Phi) is 6.85. The van der Waals surface area contributed by atoms with E-state index in [2.05, 4.69) is 10.6 Å². The number of rotatable bonds is 10. The van der Waals surface area contributed by atoms with Crippen LogP contribution in [0.1, 0.15) is 44.9 Å². The molecule has 33 heavy (non-hydrogen) atoms. The molecule has 8 heteroatoms. The molecular formula is C25H26N4O4. The average molecular weight is 447 g/mol. The highest BCUT2D eigenvalue weighted by Crippen LogP contribution is 2.20. The van der Waals surface area contributed by atoms with Gasteiger partial charge in [-0.3, -0.25) is 19.3 Å². The number of hydrogen-bond donors (Lipinski definition) is 3. The van der Waals surface area contributed by atoms with Gasteiger partial charge in [-0.05, 0) is 54.8 Å². The zero-order chi connectivity index (χ0) is 23.2. The second-order valence-corrected chi connectivity index (χ2v) is 8.13. The largest absolute Gasteiger partial charge is 0.468 e. The fourth-order valence-corrected chi connectivity index (χ4v) is 3.51. The van der Waals surface area contributed by atoms with E-state index in [0.717, 1.165) is 24.2 Å². The summed E-state index contributed by atoms with van der Waals surface area (Å²) in [5, 5.41) is 5.75. The van der Waals surface area contributed by atoms with Gasteiger partial charge in [0, 0.05) is 18.2 Å². The molecule has 1 aliphatic carbocycles. The van der Waals surface area contributed by atoms with E-state index in [4.69, 9.17) is 10.2 Å². The van der Waals surface area contributed by atoms with E-state index in [-0.39, 0.29) is 23.9 Å². The molecule has 8 nitrogen and oxygen atoms in total. The highest BCUT2D eigenvalue weighted by atomic mass is 16.3. The van der Waals surface area contributed by atoms with Crippen molar-refractivity contribution in [3.63, 3.8) is 0 Å². The number of furan rings is 1. The van der Waals surface area contributed by atoms with Gasteiger partial charge in [-0.25, -0.2) is 0 Å². The number of carbonyl (C=O) groups is 3. The van der Waals surface area contributed by atoms with Gasteiger partial charge in [0.1, 0.15) is 5.76 Å². The summed E-state index contributed by atoms with van der Waals surface area (Å²) in [6, 6.07) is 17.9. The molecule has 1 heterocycles. The Morgan fingerprint density at radius 3 is 2.39 bits per heavy atom. The van der Waals surface area contributed by atoms with Gasteiger partial charge >= 0.3 is 0 Å². The summed E-state index contributed by atoms with van der Waals surface area (Å²) in [6.45, 7) is 0.954. The number of nitrogens with zero attached hydrogens (tertiary/aromatic N) is 1. The maximum absolute atomic E-state index is 12.8. The lowest BCUT2D eigenvalue weighted by Crippen LogP contribution is -2.33. The molecule has 3 aromatic rings. The van der Waals surface area contributed by atoms with Gasteiger partial charge < -0.3 is 20.8 Å². The second-order valence-electron chi connectivity index (χ2n) is 8.13. The summed E-state index contributed by atoms with van der Waals surface area (Å²) in [5.74, 6) is -0.232. The quantitative estimate of drug-likeness (QED) is 0.443. The van der Waals surface area contributed by atoms with Crippen molar-refractivity contribution in [2.75, 3.05) is 11.9 Å². The number of amides is 3. The van der Waals surface area contributed by atoms with Gasteiger partial charge in [-0.15, -0.1) is 0 Å². The summed E-state index contributed by atoms with van der Waals surface area (Å²) in [4.78, 5) is 38.5. The van der Waals surface area contributed by atoms with Crippen molar-refractivity contribution < 1.29 is 18.8 Å². The molecule has 1 saturated carbocycles. The van der Waals surface area contributed by atoms with Gasteiger partial charge in [-0.2, -0.15) is 0 Å². The number of para-hydroxylation sites is 1. The van der Waals surface area contributed by atoms with Crippen molar-refractivity contribution in [1.82, 2.24) is 10.2 Å². The van der Waals surface area contributed by atoms with Gasteiger partial charge in [-0.1, -0.05) is 24.3 Å². The first kappa shape index (κ1) is 22.3. The zero-order valence-electron chi connectivity index (χ0n) is 18.1. The minimum Gasteiger partial charge on any atom is -0.468 e. The summed E-state index contributed by atoms with van der Waals surface area (Å²) < 4.78 is 5.46. The van der Waals surface area contributed by atoms with Crippen LogP contribution in [-0.4, -0.2) is 35.2 Å². The molecular weight excluding hydrogens is 420 g/mol. The number of benzene rings is 2. The van der Waals surface area contributed by atoms with Gasteiger partial charge in [0.25, 0.3) is 11.8 Å². The summed E-state index contributed by atoms with van der Waals surface area (Å²) >= 11 is 0. The van der Waals surface area contributed by atoms with Crippen LogP contribution in [0.3, 0.4) is 0 Å². The highest BCUT2D eigenvalue weighted by molar-refractivity contribution is 6.03. The van der Waals surface area contributed by atoms with Crippen LogP contribution < -0.4 is 16.4 Å². The number of anilines is 1. The predicted molar refractivity (Wildman–Crippen MR) is 123 cm³/mol. The van der Waals surface area contributed by atoms with E-state index in [0.29, 0.717) is 30.4 Å². The van der Waals surface area contributed by atoms with Crippen molar-refractivity contribution in [3.8, 4) is 0 Å². The summed E-state index contributed by atoms with van der Waals surface area (Å²) in [7, 11) is 0. The summed E-state index contributed by atoms with van der Waals surface area (Å²) in [6.07, 6.45) is 3.67. The number of carbonyl (C=O) groups excluding carboxylic acids is 3. The number of nitrogens with one attached hydrogen (secondary N) is 2. The normalized spacial score (nSPS) is 13.0. The SMILES string of the molecule is NC(=O)c1ccccc1NC(=O)CN(Cc1ccc(C(=O)NC2CC2)cc1)Cc1ccco1. The zero-order valence-corrected chi connectivity index (χ0v) is 18.1. The van der Waals surface area contributed by atoms with Crippen LogP contribution in [0.25, 0.3) is 0 Å². The second kappa shape index (κ2) is 10.1. The molecule has 0 aliphatic heterocycles. The first-order chi connectivity index (χ1) is 16.0. The molecule has 170 valence electrons.